The van der Waals surface area contributed by atoms with Crippen LogP contribution >= 0.6 is 39.1 Å². The average molecular weight is 385 g/mol. The van der Waals surface area contributed by atoms with Gasteiger partial charge in [-0.15, -0.1) is 0 Å². The second kappa shape index (κ2) is 5.61. The lowest BCUT2D eigenvalue weighted by molar-refractivity contribution is 0.956. The quantitative estimate of drug-likeness (QED) is 0.686. The Balaban J connectivity index is 2.35. The predicted octanol–water partition coefficient (Wildman–Crippen LogP) is 4.84. The molecular weight excluding hydrogens is 373 g/mol. The molecule has 0 bridgehead atoms. The molecule has 21 heavy (non-hydrogen) atoms. The maximum absolute atomic E-state index is 6.31. The van der Waals surface area contributed by atoms with Crippen molar-refractivity contribution in [2.45, 2.75) is 13.5 Å². The standard InChI is InChI=1S/C15H12BrCl2N3/c1-8-4-9(16)7-21-13(6-19)14(20-15(8)21)11-3-2-10(17)5-12(11)18/h2-5,7H,6,19H2,1H3. The summed E-state index contributed by atoms with van der Waals surface area (Å²) in [5.41, 5.74) is 10.4. The zero-order valence-electron chi connectivity index (χ0n) is 11.2. The van der Waals surface area contributed by atoms with Crippen molar-refractivity contribution in [2.75, 3.05) is 0 Å². The number of benzene rings is 1. The minimum Gasteiger partial charge on any atom is -0.325 e. The fraction of sp³-hybridized carbons (Fsp3) is 0.133. The molecule has 0 aliphatic rings. The Morgan fingerprint density at radius 3 is 2.71 bits per heavy atom. The first-order chi connectivity index (χ1) is 10.0. The van der Waals surface area contributed by atoms with Crippen LogP contribution in [0.1, 0.15) is 11.3 Å². The minimum atomic E-state index is 0.366. The highest BCUT2D eigenvalue weighted by Crippen LogP contribution is 2.33. The summed E-state index contributed by atoms with van der Waals surface area (Å²) in [6.45, 7) is 2.38. The SMILES string of the molecule is Cc1cc(Br)cn2c(CN)c(-c3ccc(Cl)cc3Cl)nc12. The molecule has 2 heterocycles. The van der Waals surface area contributed by atoms with Crippen molar-refractivity contribution in [1.29, 1.82) is 0 Å². The van der Waals surface area contributed by atoms with Crippen molar-refractivity contribution in [3.8, 4) is 11.3 Å². The first-order valence-corrected chi connectivity index (χ1v) is 7.88. The smallest absolute Gasteiger partial charge is 0.140 e. The Bertz CT molecular complexity index is 843. The zero-order valence-corrected chi connectivity index (χ0v) is 14.3. The van der Waals surface area contributed by atoms with Crippen LogP contribution < -0.4 is 5.73 Å². The number of nitrogens with two attached hydrogens (primary N) is 1. The van der Waals surface area contributed by atoms with E-state index in [4.69, 9.17) is 33.9 Å². The van der Waals surface area contributed by atoms with Crippen molar-refractivity contribution < 1.29 is 0 Å². The first-order valence-electron chi connectivity index (χ1n) is 6.34. The van der Waals surface area contributed by atoms with E-state index in [0.717, 1.165) is 32.6 Å². The molecule has 3 aromatic rings. The summed E-state index contributed by atoms with van der Waals surface area (Å²) in [5.74, 6) is 0. The molecule has 0 saturated heterocycles. The van der Waals surface area contributed by atoms with Gasteiger partial charge in [-0.05, 0) is 52.7 Å². The van der Waals surface area contributed by atoms with Gasteiger partial charge in [0.15, 0.2) is 0 Å². The normalized spacial score (nSPS) is 11.3. The number of imidazole rings is 1. The van der Waals surface area contributed by atoms with Crippen molar-refractivity contribution >= 4 is 44.8 Å². The summed E-state index contributed by atoms with van der Waals surface area (Å²) in [7, 11) is 0. The molecule has 0 unspecified atom stereocenters. The zero-order chi connectivity index (χ0) is 15.1. The van der Waals surface area contributed by atoms with Crippen LogP contribution in [-0.4, -0.2) is 9.38 Å². The van der Waals surface area contributed by atoms with E-state index in [1.807, 2.05) is 29.7 Å². The van der Waals surface area contributed by atoms with E-state index in [1.165, 1.54) is 0 Å². The Labute approximate surface area is 140 Å². The second-order valence-corrected chi connectivity index (χ2v) is 6.53. The molecule has 0 atom stereocenters. The third kappa shape index (κ3) is 2.57. The molecule has 3 rings (SSSR count). The van der Waals surface area contributed by atoms with Crippen molar-refractivity contribution in [3.05, 3.63) is 56.2 Å². The van der Waals surface area contributed by atoms with Crippen molar-refractivity contribution in [3.63, 3.8) is 0 Å². The topological polar surface area (TPSA) is 43.3 Å². The second-order valence-electron chi connectivity index (χ2n) is 4.77. The van der Waals surface area contributed by atoms with E-state index in [1.54, 1.807) is 12.1 Å². The highest BCUT2D eigenvalue weighted by atomic mass is 79.9. The van der Waals surface area contributed by atoms with E-state index in [-0.39, 0.29) is 0 Å². The molecule has 3 nitrogen and oxygen atoms in total. The predicted molar refractivity (Wildman–Crippen MR) is 91.0 cm³/mol. The van der Waals surface area contributed by atoms with Gasteiger partial charge in [0.2, 0.25) is 0 Å². The molecule has 0 aliphatic heterocycles. The van der Waals surface area contributed by atoms with Crippen LogP contribution in [-0.2, 0) is 6.54 Å². The lowest BCUT2D eigenvalue weighted by Crippen LogP contribution is -2.03. The maximum Gasteiger partial charge on any atom is 0.140 e. The van der Waals surface area contributed by atoms with Gasteiger partial charge in [-0.25, -0.2) is 4.98 Å². The molecule has 0 spiro atoms. The van der Waals surface area contributed by atoms with Crippen LogP contribution in [0.2, 0.25) is 10.0 Å². The summed E-state index contributed by atoms with van der Waals surface area (Å²) in [5, 5.41) is 1.16. The number of nitrogens with zero attached hydrogens (tertiary/aromatic N) is 2. The molecule has 0 radical (unpaired) electrons. The van der Waals surface area contributed by atoms with Crippen LogP contribution in [0.4, 0.5) is 0 Å². The summed E-state index contributed by atoms with van der Waals surface area (Å²) in [6.07, 6.45) is 1.96. The number of aryl methyl sites for hydroxylation is 1. The Morgan fingerprint density at radius 2 is 2.05 bits per heavy atom. The molecule has 2 aromatic heterocycles. The van der Waals surface area contributed by atoms with E-state index < -0.39 is 0 Å². The van der Waals surface area contributed by atoms with Crippen LogP contribution in [0.25, 0.3) is 16.9 Å². The number of hydrogen-bond donors (Lipinski definition) is 1. The van der Waals surface area contributed by atoms with E-state index >= 15 is 0 Å². The Kier molecular flexibility index (Phi) is 3.97. The van der Waals surface area contributed by atoms with E-state index in [2.05, 4.69) is 15.9 Å². The fourth-order valence-electron chi connectivity index (χ4n) is 2.41. The molecule has 0 saturated carbocycles. The number of aromatic nitrogens is 2. The molecule has 0 aliphatic carbocycles. The number of hydrogen-bond acceptors (Lipinski definition) is 2. The number of halogens is 3. The summed E-state index contributed by atoms with van der Waals surface area (Å²) < 4.78 is 2.98. The van der Waals surface area contributed by atoms with Gasteiger partial charge in [0.1, 0.15) is 5.65 Å². The Hall–Kier alpha value is -1.07. The monoisotopic (exact) mass is 383 g/mol. The largest absolute Gasteiger partial charge is 0.325 e. The lowest BCUT2D eigenvalue weighted by atomic mass is 10.1. The number of pyridine rings is 1. The van der Waals surface area contributed by atoms with E-state index in [9.17, 15) is 0 Å². The van der Waals surface area contributed by atoms with Gasteiger partial charge in [0.25, 0.3) is 0 Å². The third-order valence-corrected chi connectivity index (χ3v) is 4.33. The number of rotatable bonds is 2. The molecule has 6 heteroatoms. The molecule has 0 amide bonds. The minimum absolute atomic E-state index is 0.366. The molecule has 2 N–H and O–H groups in total. The van der Waals surface area contributed by atoms with Crippen LogP contribution in [0.3, 0.4) is 0 Å². The highest BCUT2D eigenvalue weighted by Gasteiger charge is 2.17. The van der Waals surface area contributed by atoms with Gasteiger partial charge >= 0.3 is 0 Å². The molecule has 1 aromatic carbocycles. The van der Waals surface area contributed by atoms with E-state index in [0.29, 0.717) is 16.6 Å². The van der Waals surface area contributed by atoms with Gasteiger partial charge in [0, 0.05) is 27.8 Å². The summed E-state index contributed by atoms with van der Waals surface area (Å²) in [6, 6.07) is 7.41. The molecule has 0 fully saturated rings. The molecular formula is C15H12BrCl2N3. The van der Waals surface area contributed by atoms with Gasteiger partial charge in [-0.3, -0.25) is 0 Å². The van der Waals surface area contributed by atoms with Crippen LogP contribution in [0.15, 0.2) is 34.9 Å². The first kappa shape index (κ1) is 14.9. The fourth-order valence-corrected chi connectivity index (χ4v) is 3.45. The summed E-state index contributed by atoms with van der Waals surface area (Å²) >= 11 is 15.8. The third-order valence-electron chi connectivity index (χ3n) is 3.35. The van der Waals surface area contributed by atoms with Crippen LogP contribution in [0, 0.1) is 6.92 Å². The average Bonchev–Trinajstić information content (AvgIpc) is 2.77. The van der Waals surface area contributed by atoms with Gasteiger partial charge in [-0.1, -0.05) is 23.2 Å². The van der Waals surface area contributed by atoms with Crippen molar-refractivity contribution in [1.82, 2.24) is 9.38 Å². The van der Waals surface area contributed by atoms with Gasteiger partial charge < -0.3 is 10.1 Å². The Morgan fingerprint density at radius 1 is 1.29 bits per heavy atom. The maximum atomic E-state index is 6.31. The number of fused-ring (bicyclic) bond motifs is 1. The summed E-state index contributed by atoms with van der Waals surface area (Å²) in [4.78, 5) is 4.72. The lowest BCUT2D eigenvalue weighted by Gasteiger charge is -2.05. The van der Waals surface area contributed by atoms with Gasteiger partial charge in [-0.2, -0.15) is 0 Å². The van der Waals surface area contributed by atoms with Crippen molar-refractivity contribution in [2.24, 2.45) is 5.73 Å². The van der Waals surface area contributed by atoms with Crippen LogP contribution in [0.5, 0.6) is 0 Å². The highest BCUT2D eigenvalue weighted by molar-refractivity contribution is 9.10. The molecule has 108 valence electrons. The van der Waals surface area contributed by atoms with Gasteiger partial charge in [0.05, 0.1) is 16.4 Å².